The van der Waals surface area contributed by atoms with Gasteiger partial charge in [-0.3, -0.25) is 0 Å². The number of carbonyl (C=O) groups is 1. The molecule has 1 saturated heterocycles. The topological polar surface area (TPSA) is 59.0 Å². The van der Waals surface area contributed by atoms with Crippen molar-refractivity contribution in [3.05, 3.63) is 0 Å². The Hall–Kier alpha value is -0.810. The molecule has 1 rings (SSSR count). The first kappa shape index (κ1) is 12.3. The minimum Gasteiger partial charge on any atom is -0.447 e. The van der Waals surface area contributed by atoms with Crippen LogP contribution in [-0.4, -0.2) is 54.1 Å². The summed E-state index contributed by atoms with van der Waals surface area (Å²) in [6, 6.07) is -0.000880. The van der Waals surface area contributed by atoms with Crippen LogP contribution in [0.1, 0.15) is 20.8 Å². The number of hydrogen-bond donors (Lipinski definition) is 1. The number of carbonyl (C=O) groups excluding carboxylic acids is 1. The summed E-state index contributed by atoms with van der Waals surface area (Å²) in [4.78, 5) is 13.2. The molecule has 2 atom stereocenters. The van der Waals surface area contributed by atoms with Crippen LogP contribution in [0, 0.1) is 0 Å². The molecule has 1 fully saturated rings. The zero-order valence-corrected chi connectivity index (χ0v) is 9.47. The Bertz CT molecular complexity index is 219. The fourth-order valence-corrected chi connectivity index (χ4v) is 1.45. The average molecular weight is 217 g/mol. The monoisotopic (exact) mass is 217 g/mol. The van der Waals surface area contributed by atoms with E-state index in [1.807, 2.05) is 20.8 Å². The number of ether oxygens (including phenoxy) is 2. The molecule has 1 N–H and O–H groups in total. The van der Waals surface area contributed by atoms with Crippen molar-refractivity contribution in [2.24, 2.45) is 0 Å². The molecular weight excluding hydrogens is 198 g/mol. The van der Waals surface area contributed by atoms with E-state index in [0.29, 0.717) is 13.2 Å². The van der Waals surface area contributed by atoms with E-state index in [9.17, 15) is 4.79 Å². The predicted molar refractivity (Wildman–Crippen MR) is 54.6 cm³/mol. The third-order valence-electron chi connectivity index (χ3n) is 2.28. The molecule has 1 aliphatic rings. The highest BCUT2D eigenvalue weighted by Gasteiger charge is 2.30. The van der Waals surface area contributed by atoms with Gasteiger partial charge in [-0.15, -0.1) is 0 Å². The lowest BCUT2D eigenvalue weighted by molar-refractivity contribution is -0.0746. The van der Waals surface area contributed by atoms with Crippen LogP contribution in [0.5, 0.6) is 0 Å². The number of aliphatic hydroxyl groups is 1. The lowest BCUT2D eigenvalue weighted by Crippen LogP contribution is -2.52. The van der Waals surface area contributed by atoms with Crippen molar-refractivity contribution in [1.82, 2.24) is 4.90 Å². The molecule has 1 aliphatic heterocycles. The van der Waals surface area contributed by atoms with Crippen LogP contribution in [-0.2, 0) is 9.47 Å². The molecule has 15 heavy (non-hydrogen) atoms. The van der Waals surface area contributed by atoms with Crippen LogP contribution < -0.4 is 0 Å². The Morgan fingerprint density at radius 3 is 2.87 bits per heavy atom. The molecule has 2 unspecified atom stereocenters. The van der Waals surface area contributed by atoms with Gasteiger partial charge >= 0.3 is 6.09 Å². The van der Waals surface area contributed by atoms with Gasteiger partial charge in [-0.1, -0.05) is 0 Å². The van der Waals surface area contributed by atoms with Crippen molar-refractivity contribution in [2.75, 3.05) is 19.8 Å². The van der Waals surface area contributed by atoms with Gasteiger partial charge in [-0.2, -0.15) is 0 Å². The molecule has 0 aromatic carbocycles. The third-order valence-corrected chi connectivity index (χ3v) is 2.28. The quantitative estimate of drug-likeness (QED) is 0.736. The van der Waals surface area contributed by atoms with Crippen LogP contribution >= 0.6 is 0 Å². The van der Waals surface area contributed by atoms with E-state index in [2.05, 4.69) is 0 Å². The highest BCUT2D eigenvalue weighted by Crippen LogP contribution is 2.13. The molecule has 88 valence electrons. The van der Waals surface area contributed by atoms with E-state index < -0.39 is 0 Å². The zero-order chi connectivity index (χ0) is 11.4. The molecular formula is C10H19NO4. The average Bonchev–Trinajstić information content (AvgIpc) is 2.17. The van der Waals surface area contributed by atoms with Crippen molar-refractivity contribution >= 4 is 6.09 Å². The zero-order valence-electron chi connectivity index (χ0n) is 9.47. The highest BCUT2D eigenvalue weighted by atomic mass is 16.6. The molecule has 0 aromatic rings. The van der Waals surface area contributed by atoms with Gasteiger partial charge in [-0.25, -0.2) is 4.79 Å². The number of aliphatic hydroxyl groups excluding tert-OH is 1. The van der Waals surface area contributed by atoms with Crippen LogP contribution in [0.4, 0.5) is 4.79 Å². The number of amides is 1. The summed E-state index contributed by atoms with van der Waals surface area (Å²) >= 11 is 0. The Morgan fingerprint density at radius 1 is 1.67 bits per heavy atom. The molecule has 0 spiro atoms. The van der Waals surface area contributed by atoms with Crippen molar-refractivity contribution in [3.8, 4) is 0 Å². The summed E-state index contributed by atoms with van der Waals surface area (Å²) in [5.41, 5.74) is 0. The van der Waals surface area contributed by atoms with Gasteiger partial charge in [0.05, 0.1) is 38.0 Å². The van der Waals surface area contributed by atoms with Gasteiger partial charge in [0.2, 0.25) is 0 Å². The Balaban J connectivity index is 2.53. The third kappa shape index (κ3) is 3.35. The van der Waals surface area contributed by atoms with E-state index in [-0.39, 0.29) is 30.9 Å². The second-order valence-corrected chi connectivity index (χ2v) is 4.07. The van der Waals surface area contributed by atoms with E-state index in [0.717, 1.165) is 0 Å². The second kappa shape index (κ2) is 5.32. The Labute approximate surface area is 90.0 Å². The van der Waals surface area contributed by atoms with Gasteiger partial charge in [0.15, 0.2) is 0 Å². The molecule has 0 radical (unpaired) electrons. The lowest BCUT2D eigenvalue weighted by atomic mass is 10.2. The summed E-state index contributed by atoms with van der Waals surface area (Å²) in [5, 5.41) is 8.95. The minimum absolute atomic E-state index is 0.000880. The van der Waals surface area contributed by atoms with Crippen molar-refractivity contribution in [3.63, 3.8) is 0 Å². The summed E-state index contributed by atoms with van der Waals surface area (Å²) in [5.74, 6) is 0. The van der Waals surface area contributed by atoms with E-state index in [4.69, 9.17) is 14.6 Å². The van der Waals surface area contributed by atoms with Crippen LogP contribution in [0.2, 0.25) is 0 Å². The summed E-state index contributed by atoms with van der Waals surface area (Å²) in [6.07, 6.45) is -0.750. The van der Waals surface area contributed by atoms with Gasteiger partial charge in [0.25, 0.3) is 0 Å². The highest BCUT2D eigenvalue weighted by molar-refractivity contribution is 5.68. The smallest absolute Gasteiger partial charge is 0.410 e. The summed E-state index contributed by atoms with van der Waals surface area (Å²) in [6.45, 7) is 6.29. The molecule has 0 bridgehead atoms. The van der Waals surface area contributed by atoms with Gasteiger partial charge in [-0.05, 0) is 20.8 Å². The van der Waals surface area contributed by atoms with E-state index in [1.165, 1.54) is 0 Å². The Kier molecular flexibility index (Phi) is 4.35. The molecule has 5 heteroatoms. The number of hydrogen-bond acceptors (Lipinski definition) is 4. The first-order valence-electron chi connectivity index (χ1n) is 5.24. The second-order valence-electron chi connectivity index (χ2n) is 4.07. The summed E-state index contributed by atoms with van der Waals surface area (Å²) in [7, 11) is 0. The fraction of sp³-hybridized carbons (Fsp3) is 0.900. The van der Waals surface area contributed by atoms with Crippen LogP contribution in [0.25, 0.3) is 0 Å². The maximum atomic E-state index is 11.6. The molecule has 0 saturated carbocycles. The fourth-order valence-electron chi connectivity index (χ4n) is 1.45. The van der Waals surface area contributed by atoms with Gasteiger partial charge in [0, 0.05) is 0 Å². The van der Waals surface area contributed by atoms with Crippen molar-refractivity contribution in [2.45, 2.75) is 39.0 Å². The normalized spacial score (nSPS) is 26.9. The van der Waals surface area contributed by atoms with Gasteiger partial charge < -0.3 is 19.5 Å². The summed E-state index contributed by atoms with van der Waals surface area (Å²) < 4.78 is 10.4. The number of morpholine rings is 1. The van der Waals surface area contributed by atoms with Crippen LogP contribution in [0.15, 0.2) is 0 Å². The molecule has 0 aromatic heterocycles. The maximum absolute atomic E-state index is 11.6. The minimum atomic E-state index is -0.334. The molecule has 1 heterocycles. The van der Waals surface area contributed by atoms with E-state index in [1.54, 1.807) is 4.90 Å². The van der Waals surface area contributed by atoms with E-state index >= 15 is 0 Å². The van der Waals surface area contributed by atoms with Crippen molar-refractivity contribution in [1.29, 1.82) is 0 Å². The lowest BCUT2D eigenvalue weighted by Gasteiger charge is -2.36. The Morgan fingerprint density at radius 2 is 2.33 bits per heavy atom. The maximum Gasteiger partial charge on any atom is 0.410 e. The molecule has 1 amide bonds. The first-order chi connectivity index (χ1) is 7.04. The number of rotatable bonds is 2. The number of nitrogens with zero attached hydrogens (tertiary/aromatic N) is 1. The first-order valence-corrected chi connectivity index (χ1v) is 5.24. The largest absolute Gasteiger partial charge is 0.447 e. The standard InChI is InChI=1S/C10H19NO4/c1-7(2)15-10(13)11-4-9(5-12)14-6-8(11)3/h7-9,12H,4-6H2,1-3H3. The molecule has 0 aliphatic carbocycles. The SMILES string of the molecule is CC(C)OC(=O)N1CC(CO)OCC1C. The van der Waals surface area contributed by atoms with Gasteiger partial charge in [0.1, 0.15) is 0 Å². The van der Waals surface area contributed by atoms with Crippen LogP contribution in [0.3, 0.4) is 0 Å². The predicted octanol–water partition coefficient (Wildman–Crippen LogP) is 0.613. The molecule has 5 nitrogen and oxygen atoms in total. The van der Waals surface area contributed by atoms with Crippen molar-refractivity contribution < 1.29 is 19.4 Å².